The smallest absolute Gasteiger partial charge is 0.130 e. The molecule has 3 heteroatoms. The van der Waals surface area contributed by atoms with Crippen molar-refractivity contribution < 1.29 is 0 Å². The molecule has 0 atom stereocenters. The fraction of sp³-hybridized carbons (Fsp3) is 0.500. The lowest BCUT2D eigenvalue weighted by molar-refractivity contribution is 0.451. The summed E-state index contributed by atoms with van der Waals surface area (Å²) < 4.78 is 1.89. The maximum Gasteiger partial charge on any atom is 0.130 e. The van der Waals surface area contributed by atoms with Gasteiger partial charge in [-0.25, -0.2) is 4.68 Å². The third-order valence-electron chi connectivity index (χ3n) is 4.72. The lowest BCUT2D eigenvalue weighted by atomic mass is 9.94. The highest BCUT2D eigenvalue weighted by Gasteiger charge is 2.18. The standard InChI is InChI=1S/C18H25N3/c1-14-17(13-15-9-5-2-3-6-10-15)20-21(18(14)19)16-11-7-4-8-12-16/h4,7-8,11-12,15H,2-3,5-6,9-10,13,19H2,1H3. The number of nitrogen functional groups attached to an aromatic ring is 1. The molecule has 0 saturated heterocycles. The first-order valence-corrected chi connectivity index (χ1v) is 8.15. The Morgan fingerprint density at radius 2 is 1.76 bits per heavy atom. The number of hydrogen-bond acceptors (Lipinski definition) is 2. The van der Waals surface area contributed by atoms with Crippen molar-refractivity contribution in [3.63, 3.8) is 0 Å². The van der Waals surface area contributed by atoms with Crippen molar-refractivity contribution in [3.8, 4) is 5.69 Å². The van der Waals surface area contributed by atoms with Crippen LogP contribution in [0.3, 0.4) is 0 Å². The maximum atomic E-state index is 6.27. The van der Waals surface area contributed by atoms with Gasteiger partial charge in [-0.1, -0.05) is 56.7 Å². The number of para-hydroxylation sites is 1. The number of anilines is 1. The molecule has 1 aliphatic carbocycles. The Kier molecular flexibility index (Phi) is 4.28. The quantitative estimate of drug-likeness (QED) is 0.855. The van der Waals surface area contributed by atoms with Crippen LogP contribution in [0.2, 0.25) is 0 Å². The molecule has 1 saturated carbocycles. The van der Waals surface area contributed by atoms with Gasteiger partial charge in [-0.2, -0.15) is 5.10 Å². The lowest BCUT2D eigenvalue weighted by Gasteiger charge is -2.12. The third kappa shape index (κ3) is 3.12. The number of benzene rings is 1. The molecule has 1 aliphatic rings. The van der Waals surface area contributed by atoms with E-state index in [4.69, 9.17) is 10.8 Å². The molecular weight excluding hydrogens is 258 g/mol. The van der Waals surface area contributed by atoms with E-state index in [1.54, 1.807) is 0 Å². The first-order valence-electron chi connectivity index (χ1n) is 8.15. The van der Waals surface area contributed by atoms with Crippen LogP contribution in [-0.4, -0.2) is 9.78 Å². The molecule has 1 aromatic carbocycles. The zero-order chi connectivity index (χ0) is 14.7. The summed E-state index contributed by atoms with van der Waals surface area (Å²) in [7, 11) is 0. The van der Waals surface area contributed by atoms with E-state index in [-0.39, 0.29) is 0 Å². The van der Waals surface area contributed by atoms with E-state index in [1.807, 2.05) is 22.9 Å². The summed E-state index contributed by atoms with van der Waals surface area (Å²) in [5.74, 6) is 1.56. The average molecular weight is 283 g/mol. The Labute approximate surface area is 127 Å². The van der Waals surface area contributed by atoms with Crippen LogP contribution in [0.25, 0.3) is 5.69 Å². The Morgan fingerprint density at radius 1 is 1.10 bits per heavy atom. The molecule has 2 N–H and O–H groups in total. The molecule has 2 aromatic rings. The van der Waals surface area contributed by atoms with Gasteiger partial charge in [0.15, 0.2) is 0 Å². The molecule has 1 aromatic heterocycles. The first-order chi connectivity index (χ1) is 10.3. The van der Waals surface area contributed by atoms with E-state index in [0.717, 1.165) is 29.4 Å². The van der Waals surface area contributed by atoms with E-state index < -0.39 is 0 Å². The fourth-order valence-corrected chi connectivity index (χ4v) is 3.36. The van der Waals surface area contributed by atoms with E-state index in [9.17, 15) is 0 Å². The fourth-order valence-electron chi connectivity index (χ4n) is 3.36. The minimum Gasteiger partial charge on any atom is -0.383 e. The molecule has 3 rings (SSSR count). The van der Waals surface area contributed by atoms with Crippen LogP contribution in [0.15, 0.2) is 30.3 Å². The van der Waals surface area contributed by atoms with E-state index >= 15 is 0 Å². The SMILES string of the molecule is Cc1c(CC2CCCCCC2)nn(-c2ccccc2)c1N. The number of nitrogens with two attached hydrogens (primary N) is 1. The van der Waals surface area contributed by atoms with Gasteiger partial charge < -0.3 is 5.73 Å². The largest absolute Gasteiger partial charge is 0.383 e. The molecule has 1 heterocycles. The van der Waals surface area contributed by atoms with Crippen LogP contribution in [0.1, 0.15) is 49.8 Å². The van der Waals surface area contributed by atoms with Gasteiger partial charge in [0.05, 0.1) is 11.4 Å². The number of nitrogens with zero attached hydrogens (tertiary/aromatic N) is 2. The van der Waals surface area contributed by atoms with Gasteiger partial charge in [-0.15, -0.1) is 0 Å². The van der Waals surface area contributed by atoms with Gasteiger partial charge in [-0.3, -0.25) is 0 Å². The third-order valence-corrected chi connectivity index (χ3v) is 4.72. The van der Waals surface area contributed by atoms with E-state index in [0.29, 0.717) is 0 Å². The van der Waals surface area contributed by atoms with Gasteiger partial charge in [0.2, 0.25) is 0 Å². The summed E-state index contributed by atoms with van der Waals surface area (Å²) in [5.41, 5.74) is 9.66. The highest BCUT2D eigenvalue weighted by molar-refractivity contribution is 5.49. The van der Waals surface area contributed by atoms with Crippen LogP contribution in [0.4, 0.5) is 5.82 Å². The predicted molar refractivity (Wildman–Crippen MR) is 87.6 cm³/mol. The van der Waals surface area contributed by atoms with Crippen LogP contribution in [-0.2, 0) is 6.42 Å². The topological polar surface area (TPSA) is 43.8 Å². The first kappa shape index (κ1) is 14.2. The van der Waals surface area contributed by atoms with Crippen LogP contribution in [0, 0.1) is 12.8 Å². The number of aromatic nitrogens is 2. The maximum absolute atomic E-state index is 6.27. The second-order valence-electron chi connectivity index (χ2n) is 6.27. The molecule has 112 valence electrons. The second kappa shape index (κ2) is 6.33. The Bertz CT molecular complexity index is 578. The van der Waals surface area contributed by atoms with Gasteiger partial charge in [0, 0.05) is 5.56 Å². The molecule has 1 fully saturated rings. The summed E-state index contributed by atoms with van der Waals surface area (Å²) in [4.78, 5) is 0. The van der Waals surface area contributed by atoms with Crippen molar-refractivity contribution in [2.75, 3.05) is 5.73 Å². The molecule has 0 amide bonds. The van der Waals surface area contributed by atoms with Crippen molar-refractivity contribution in [1.29, 1.82) is 0 Å². The normalized spacial score (nSPS) is 16.8. The number of rotatable bonds is 3. The summed E-state index contributed by atoms with van der Waals surface area (Å²) >= 11 is 0. The monoisotopic (exact) mass is 283 g/mol. The molecule has 3 nitrogen and oxygen atoms in total. The molecule has 0 radical (unpaired) electrons. The van der Waals surface area contributed by atoms with Crippen molar-refractivity contribution in [3.05, 3.63) is 41.6 Å². The Balaban J connectivity index is 1.83. The van der Waals surface area contributed by atoms with Crippen molar-refractivity contribution in [1.82, 2.24) is 9.78 Å². The molecule has 0 spiro atoms. The summed E-state index contributed by atoms with van der Waals surface area (Å²) in [6, 6.07) is 10.2. The molecular formula is C18H25N3. The Morgan fingerprint density at radius 3 is 2.43 bits per heavy atom. The summed E-state index contributed by atoms with van der Waals surface area (Å²) in [5, 5.41) is 4.80. The van der Waals surface area contributed by atoms with Gasteiger partial charge in [0.1, 0.15) is 5.82 Å². The summed E-state index contributed by atoms with van der Waals surface area (Å²) in [6.45, 7) is 2.10. The van der Waals surface area contributed by atoms with Gasteiger partial charge in [0.25, 0.3) is 0 Å². The van der Waals surface area contributed by atoms with E-state index in [2.05, 4.69) is 19.1 Å². The minimum atomic E-state index is 0.782. The average Bonchev–Trinajstić information content (AvgIpc) is 2.72. The molecule has 0 bridgehead atoms. The highest BCUT2D eigenvalue weighted by atomic mass is 15.3. The van der Waals surface area contributed by atoms with Gasteiger partial charge >= 0.3 is 0 Å². The van der Waals surface area contributed by atoms with Crippen molar-refractivity contribution in [2.24, 2.45) is 5.92 Å². The minimum absolute atomic E-state index is 0.782. The van der Waals surface area contributed by atoms with Gasteiger partial charge in [-0.05, 0) is 31.4 Å². The zero-order valence-corrected chi connectivity index (χ0v) is 12.9. The zero-order valence-electron chi connectivity index (χ0n) is 12.9. The summed E-state index contributed by atoms with van der Waals surface area (Å²) in [6.07, 6.45) is 9.31. The molecule has 21 heavy (non-hydrogen) atoms. The second-order valence-corrected chi connectivity index (χ2v) is 6.27. The van der Waals surface area contributed by atoms with Crippen molar-refractivity contribution in [2.45, 2.75) is 51.9 Å². The van der Waals surface area contributed by atoms with E-state index in [1.165, 1.54) is 44.2 Å². The van der Waals surface area contributed by atoms with Crippen LogP contribution < -0.4 is 5.73 Å². The Hall–Kier alpha value is -1.77. The lowest BCUT2D eigenvalue weighted by Crippen LogP contribution is -2.05. The predicted octanol–water partition coefficient (Wildman–Crippen LogP) is 4.28. The number of hydrogen-bond donors (Lipinski definition) is 1. The van der Waals surface area contributed by atoms with Crippen LogP contribution in [0.5, 0.6) is 0 Å². The molecule has 0 unspecified atom stereocenters. The van der Waals surface area contributed by atoms with Crippen LogP contribution >= 0.6 is 0 Å². The molecule has 0 aliphatic heterocycles. The highest BCUT2D eigenvalue weighted by Crippen LogP contribution is 2.28. The van der Waals surface area contributed by atoms with Crippen molar-refractivity contribution >= 4 is 5.82 Å².